The highest BCUT2D eigenvalue weighted by molar-refractivity contribution is 7.12. The molecule has 0 radical (unpaired) electrons. The number of rotatable bonds is 2. The highest BCUT2D eigenvalue weighted by atomic mass is 32.1. The van der Waals surface area contributed by atoms with Crippen molar-refractivity contribution in [1.82, 2.24) is 0 Å². The summed E-state index contributed by atoms with van der Waals surface area (Å²) >= 11 is 1.62. The van der Waals surface area contributed by atoms with Crippen LogP contribution in [0, 0.1) is 26.2 Å². The molecule has 0 spiro atoms. The van der Waals surface area contributed by atoms with E-state index in [1.54, 1.807) is 17.4 Å². The van der Waals surface area contributed by atoms with E-state index in [-0.39, 0.29) is 5.91 Å². The number of carbonyl (C=O) groups excluding carboxylic acids is 1. The van der Waals surface area contributed by atoms with Gasteiger partial charge in [0.2, 0.25) is 0 Å². The van der Waals surface area contributed by atoms with E-state index >= 15 is 0 Å². The maximum absolute atomic E-state index is 12.1. The van der Waals surface area contributed by atoms with E-state index in [0.29, 0.717) is 0 Å². The number of terminal acetylenes is 1. The SMILES string of the molecule is C#Cc1cccc(NC(=O)c2cc(C)sc2C)c1. The zero-order valence-electron chi connectivity index (χ0n) is 10.3. The first-order chi connectivity index (χ1) is 8.60. The second kappa shape index (κ2) is 5.07. The first-order valence-corrected chi connectivity index (χ1v) is 6.37. The molecule has 90 valence electrons. The number of nitrogens with one attached hydrogen (secondary N) is 1. The summed E-state index contributed by atoms with van der Waals surface area (Å²) in [5.41, 5.74) is 2.20. The summed E-state index contributed by atoms with van der Waals surface area (Å²) in [5, 5.41) is 2.86. The molecule has 1 heterocycles. The second-order valence-corrected chi connectivity index (χ2v) is 5.47. The van der Waals surface area contributed by atoms with Gasteiger partial charge in [0.25, 0.3) is 5.91 Å². The van der Waals surface area contributed by atoms with Crippen LogP contribution in [0.5, 0.6) is 0 Å². The molecule has 3 heteroatoms. The molecule has 0 aliphatic carbocycles. The fraction of sp³-hybridized carbons (Fsp3) is 0.133. The largest absolute Gasteiger partial charge is 0.322 e. The third-order valence-electron chi connectivity index (χ3n) is 2.57. The smallest absolute Gasteiger partial charge is 0.256 e. The van der Waals surface area contributed by atoms with Gasteiger partial charge in [-0.15, -0.1) is 17.8 Å². The van der Waals surface area contributed by atoms with Gasteiger partial charge >= 0.3 is 0 Å². The Morgan fingerprint density at radius 1 is 1.33 bits per heavy atom. The van der Waals surface area contributed by atoms with Gasteiger partial charge < -0.3 is 5.32 Å². The van der Waals surface area contributed by atoms with Gasteiger partial charge in [-0.3, -0.25) is 4.79 Å². The Labute approximate surface area is 111 Å². The number of carbonyl (C=O) groups is 1. The number of benzene rings is 1. The Morgan fingerprint density at radius 2 is 2.11 bits per heavy atom. The van der Waals surface area contributed by atoms with Gasteiger partial charge in [0.1, 0.15) is 0 Å². The lowest BCUT2D eigenvalue weighted by Gasteiger charge is -2.05. The third kappa shape index (κ3) is 2.61. The molecule has 0 fully saturated rings. The molecule has 0 saturated carbocycles. The van der Waals surface area contributed by atoms with Crippen molar-refractivity contribution in [1.29, 1.82) is 0 Å². The van der Waals surface area contributed by atoms with Crippen LogP contribution >= 0.6 is 11.3 Å². The first kappa shape index (κ1) is 12.4. The second-order valence-electron chi connectivity index (χ2n) is 4.01. The van der Waals surface area contributed by atoms with Crippen LogP contribution in [0.25, 0.3) is 0 Å². The Kier molecular flexibility index (Phi) is 3.50. The molecule has 2 aromatic rings. The predicted octanol–water partition coefficient (Wildman–Crippen LogP) is 3.60. The van der Waals surface area contributed by atoms with Gasteiger partial charge in [0.15, 0.2) is 0 Å². The van der Waals surface area contributed by atoms with E-state index in [1.165, 1.54) is 0 Å². The van der Waals surface area contributed by atoms with Crippen molar-refractivity contribution in [3.63, 3.8) is 0 Å². The molecule has 0 bridgehead atoms. The monoisotopic (exact) mass is 255 g/mol. The fourth-order valence-corrected chi connectivity index (χ4v) is 2.66. The van der Waals surface area contributed by atoms with Gasteiger partial charge in [-0.25, -0.2) is 0 Å². The molecule has 0 aliphatic heterocycles. The van der Waals surface area contributed by atoms with E-state index in [9.17, 15) is 4.79 Å². The quantitative estimate of drug-likeness (QED) is 0.816. The zero-order chi connectivity index (χ0) is 13.1. The number of aryl methyl sites for hydroxylation is 2. The maximum Gasteiger partial charge on any atom is 0.256 e. The first-order valence-electron chi connectivity index (χ1n) is 5.55. The lowest BCUT2D eigenvalue weighted by Crippen LogP contribution is -2.12. The summed E-state index contributed by atoms with van der Waals surface area (Å²) in [6.45, 7) is 3.94. The summed E-state index contributed by atoms with van der Waals surface area (Å²) in [6.07, 6.45) is 5.33. The summed E-state index contributed by atoms with van der Waals surface area (Å²) in [7, 11) is 0. The summed E-state index contributed by atoms with van der Waals surface area (Å²) in [5.74, 6) is 2.45. The van der Waals surface area contributed by atoms with Crippen molar-refractivity contribution in [2.45, 2.75) is 13.8 Å². The zero-order valence-corrected chi connectivity index (χ0v) is 11.1. The highest BCUT2D eigenvalue weighted by Gasteiger charge is 2.11. The molecule has 0 unspecified atom stereocenters. The van der Waals surface area contributed by atoms with E-state index in [0.717, 1.165) is 26.6 Å². The van der Waals surface area contributed by atoms with Crippen LogP contribution < -0.4 is 5.32 Å². The topological polar surface area (TPSA) is 29.1 Å². The molecule has 1 aromatic heterocycles. The van der Waals surface area contributed by atoms with Crippen molar-refractivity contribution >= 4 is 22.9 Å². The van der Waals surface area contributed by atoms with Gasteiger partial charge in [0.05, 0.1) is 5.56 Å². The lowest BCUT2D eigenvalue weighted by atomic mass is 10.2. The molecule has 0 atom stereocenters. The molecule has 0 aliphatic rings. The molecule has 1 N–H and O–H groups in total. The van der Waals surface area contributed by atoms with Gasteiger partial charge in [0, 0.05) is 21.0 Å². The summed E-state index contributed by atoms with van der Waals surface area (Å²) < 4.78 is 0. The fourth-order valence-electron chi connectivity index (χ4n) is 1.74. The molecule has 2 rings (SSSR count). The molecule has 1 aromatic carbocycles. The number of thiophene rings is 1. The minimum atomic E-state index is -0.0916. The Bertz CT molecular complexity index is 634. The molecule has 1 amide bonds. The van der Waals surface area contributed by atoms with Gasteiger partial charge in [-0.1, -0.05) is 12.0 Å². The lowest BCUT2D eigenvalue weighted by molar-refractivity contribution is 0.102. The van der Waals surface area contributed by atoms with Crippen molar-refractivity contribution in [3.05, 3.63) is 51.2 Å². The summed E-state index contributed by atoms with van der Waals surface area (Å²) in [6, 6.07) is 9.17. The van der Waals surface area contributed by atoms with Crippen LogP contribution in [0.2, 0.25) is 0 Å². The Balaban J connectivity index is 2.21. The highest BCUT2D eigenvalue weighted by Crippen LogP contribution is 2.21. The van der Waals surface area contributed by atoms with Crippen LogP contribution in [0.1, 0.15) is 25.7 Å². The van der Waals surface area contributed by atoms with E-state index in [4.69, 9.17) is 6.42 Å². The van der Waals surface area contributed by atoms with Crippen molar-refractivity contribution < 1.29 is 4.79 Å². The minimum Gasteiger partial charge on any atom is -0.322 e. The van der Waals surface area contributed by atoms with E-state index < -0.39 is 0 Å². The van der Waals surface area contributed by atoms with E-state index in [2.05, 4.69) is 11.2 Å². The molecule has 0 saturated heterocycles. The number of anilines is 1. The predicted molar refractivity (Wildman–Crippen MR) is 76.1 cm³/mol. The molecular weight excluding hydrogens is 242 g/mol. The van der Waals surface area contributed by atoms with Gasteiger partial charge in [-0.2, -0.15) is 0 Å². The van der Waals surface area contributed by atoms with E-state index in [1.807, 2.05) is 38.1 Å². The number of amides is 1. The minimum absolute atomic E-state index is 0.0916. The van der Waals surface area contributed by atoms with Gasteiger partial charge in [-0.05, 0) is 38.1 Å². The normalized spacial score (nSPS) is 9.83. The molecule has 2 nitrogen and oxygen atoms in total. The van der Waals surface area contributed by atoms with Crippen LogP contribution in [0.15, 0.2) is 30.3 Å². The number of hydrogen-bond acceptors (Lipinski definition) is 2. The Morgan fingerprint density at radius 3 is 2.72 bits per heavy atom. The molecule has 18 heavy (non-hydrogen) atoms. The van der Waals surface area contributed by atoms with Crippen LogP contribution in [0.3, 0.4) is 0 Å². The van der Waals surface area contributed by atoms with Crippen molar-refractivity contribution in [2.24, 2.45) is 0 Å². The standard InChI is InChI=1S/C15H13NOS/c1-4-12-6-5-7-13(9-12)16-15(17)14-8-10(2)18-11(14)3/h1,5-9H,2-3H3,(H,16,17). The average molecular weight is 255 g/mol. The maximum atomic E-state index is 12.1. The number of hydrogen-bond donors (Lipinski definition) is 1. The van der Waals surface area contributed by atoms with Crippen LogP contribution in [0.4, 0.5) is 5.69 Å². The van der Waals surface area contributed by atoms with Crippen molar-refractivity contribution in [3.8, 4) is 12.3 Å². The average Bonchev–Trinajstić information content (AvgIpc) is 2.69. The van der Waals surface area contributed by atoms with Crippen LogP contribution in [-0.2, 0) is 0 Å². The molecular formula is C15H13NOS. The Hall–Kier alpha value is -2.05. The summed E-state index contributed by atoms with van der Waals surface area (Å²) in [4.78, 5) is 14.3. The third-order valence-corrected chi connectivity index (χ3v) is 3.54. The van der Waals surface area contributed by atoms with Crippen LogP contribution in [-0.4, -0.2) is 5.91 Å². The van der Waals surface area contributed by atoms with Crippen molar-refractivity contribution in [2.75, 3.05) is 5.32 Å².